The molecule has 0 unspecified atom stereocenters. The third kappa shape index (κ3) is 2.54. The summed E-state index contributed by atoms with van der Waals surface area (Å²) in [4.78, 5) is 0. The Kier molecular flexibility index (Phi) is 3.70. The van der Waals surface area contributed by atoms with Gasteiger partial charge in [0, 0.05) is 10.5 Å². The molecule has 0 atom stereocenters. The minimum atomic E-state index is 0.625. The van der Waals surface area contributed by atoms with Gasteiger partial charge < -0.3 is 4.74 Å². The molecule has 0 saturated heterocycles. The van der Waals surface area contributed by atoms with Gasteiger partial charge in [0.1, 0.15) is 11.1 Å². The van der Waals surface area contributed by atoms with Gasteiger partial charge in [-0.15, -0.1) is 0 Å². The molecule has 0 aliphatic heterocycles. The van der Waals surface area contributed by atoms with Crippen LogP contribution in [0.5, 0.6) is 5.75 Å². The second-order valence-electron chi connectivity index (χ2n) is 4.41. The summed E-state index contributed by atoms with van der Waals surface area (Å²) in [6, 6.07) is 17.9. The van der Waals surface area contributed by atoms with Crippen molar-refractivity contribution in [2.24, 2.45) is 0 Å². The van der Waals surface area contributed by atoms with Gasteiger partial charge in [-0.2, -0.15) is 0 Å². The molecular formula is C17H14BrO2+. The lowest BCUT2D eigenvalue weighted by Gasteiger charge is -2.04. The Balaban J connectivity index is 2.23. The van der Waals surface area contributed by atoms with Crippen LogP contribution in [0, 0.1) is 0 Å². The smallest absolute Gasteiger partial charge is 0.364 e. The fourth-order valence-electron chi connectivity index (χ4n) is 2.15. The molecule has 2 nitrogen and oxygen atoms in total. The molecule has 0 radical (unpaired) electrons. The number of rotatable bonds is 3. The van der Waals surface area contributed by atoms with Crippen molar-refractivity contribution in [3.8, 4) is 17.1 Å². The number of fused-ring (bicyclic) bond motifs is 1. The van der Waals surface area contributed by atoms with Gasteiger partial charge in [-0.25, -0.2) is 4.42 Å². The third-order valence-corrected chi connectivity index (χ3v) is 3.54. The summed E-state index contributed by atoms with van der Waals surface area (Å²) in [5, 5.41) is 0.973. The second-order valence-corrected chi connectivity index (χ2v) is 5.33. The first-order valence-corrected chi connectivity index (χ1v) is 7.32. The number of hydrogen-bond donors (Lipinski definition) is 0. The molecule has 0 amide bonds. The predicted molar refractivity (Wildman–Crippen MR) is 84.9 cm³/mol. The predicted octanol–water partition coefficient (Wildman–Crippen LogP) is 5.54. The van der Waals surface area contributed by atoms with Crippen LogP contribution in [0.4, 0.5) is 0 Å². The van der Waals surface area contributed by atoms with Crippen LogP contribution in [0.25, 0.3) is 22.3 Å². The molecule has 3 heteroatoms. The summed E-state index contributed by atoms with van der Waals surface area (Å²) in [5.74, 6) is 1.65. The van der Waals surface area contributed by atoms with Crippen LogP contribution in [0.3, 0.4) is 0 Å². The molecule has 0 fully saturated rings. The highest BCUT2D eigenvalue weighted by Crippen LogP contribution is 2.34. The summed E-state index contributed by atoms with van der Waals surface area (Å²) in [6.45, 7) is 2.61. The summed E-state index contributed by atoms with van der Waals surface area (Å²) in [5.41, 5.74) is 1.86. The zero-order valence-corrected chi connectivity index (χ0v) is 12.7. The quantitative estimate of drug-likeness (QED) is 0.588. The molecule has 2 aromatic carbocycles. The number of ether oxygens (including phenoxy) is 1. The maximum absolute atomic E-state index is 5.99. The van der Waals surface area contributed by atoms with Crippen LogP contribution in [0.1, 0.15) is 6.92 Å². The van der Waals surface area contributed by atoms with Crippen molar-refractivity contribution in [2.75, 3.05) is 6.61 Å². The summed E-state index contributed by atoms with van der Waals surface area (Å²) in [7, 11) is 0. The van der Waals surface area contributed by atoms with Gasteiger partial charge in [-0.1, -0.05) is 34.1 Å². The van der Waals surface area contributed by atoms with Gasteiger partial charge in [0.25, 0.3) is 0 Å². The van der Waals surface area contributed by atoms with E-state index in [-0.39, 0.29) is 0 Å². The van der Waals surface area contributed by atoms with Crippen LogP contribution < -0.4 is 4.74 Å². The Morgan fingerprint density at radius 1 is 1.05 bits per heavy atom. The van der Waals surface area contributed by atoms with Crippen molar-refractivity contribution in [1.82, 2.24) is 0 Å². The number of hydrogen-bond acceptors (Lipinski definition) is 1. The Morgan fingerprint density at radius 2 is 1.85 bits per heavy atom. The molecule has 1 heterocycles. The fraction of sp³-hybridized carbons (Fsp3) is 0.118. The van der Waals surface area contributed by atoms with Gasteiger partial charge in [0.05, 0.1) is 18.2 Å². The van der Waals surface area contributed by atoms with Crippen molar-refractivity contribution in [3.63, 3.8) is 0 Å². The zero-order chi connectivity index (χ0) is 13.9. The van der Waals surface area contributed by atoms with Crippen molar-refractivity contribution < 1.29 is 9.15 Å². The molecule has 0 N–H and O–H groups in total. The first-order chi connectivity index (χ1) is 9.78. The van der Waals surface area contributed by atoms with E-state index in [1.54, 1.807) is 0 Å². The van der Waals surface area contributed by atoms with E-state index in [1.807, 2.05) is 61.5 Å². The largest absolute Gasteiger partial charge is 0.493 e. The highest BCUT2D eigenvalue weighted by molar-refractivity contribution is 9.10. The van der Waals surface area contributed by atoms with Crippen molar-refractivity contribution in [2.45, 2.75) is 6.92 Å². The fourth-order valence-corrected chi connectivity index (χ4v) is 2.51. The van der Waals surface area contributed by atoms with E-state index in [1.165, 1.54) is 0 Å². The average Bonchev–Trinajstić information content (AvgIpc) is 2.49. The lowest BCUT2D eigenvalue weighted by molar-refractivity contribution is 0.342. The molecule has 0 aliphatic rings. The normalized spacial score (nSPS) is 10.7. The van der Waals surface area contributed by atoms with Gasteiger partial charge in [0.2, 0.25) is 0 Å². The molecule has 0 saturated carbocycles. The Morgan fingerprint density at radius 3 is 2.60 bits per heavy atom. The van der Waals surface area contributed by atoms with Crippen LogP contribution >= 0.6 is 15.9 Å². The monoisotopic (exact) mass is 329 g/mol. The topological polar surface area (TPSA) is 20.5 Å². The second kappa shape index (κ2) is 5.63. The van der Waals surface area contributed by atoms with Gasteiger partial charge in [0.15, 0.2) is 0 Å². The van der Waals surface area contributed by atoms with Crippen molar-refractivity contribution >= 4 is 26.9 Å². The van der Waals surface area contributed by atoms with Crippen LogP contribution in [-0.4, -0.2) is 6.61 Å². The molecule has 0 aliphatic carbocycles. The van der Waals surface area contributed by atoms with E-state index in [4.69, 9.17) is 9.15 Å². The lowest BCUT2D eigenvalue weighted by atomic mass is 10.1. The molecule has 100 valence electrons. The molecule has 1 aromatic heterocycles. The Hall–Kier alpha value is -1.87. The minimum Gasteiger partial charge on any atom is -0.493 e. The number of benzene rings is 2. The lowest BCUT2D eigenvalue weighted by Crippen LogP contribution is -1.93. The SMILES string of the molecule is CCOc1cc(-c2ccccc2)[o+]c2ccc(Br)cc12. The molecule has 3 aromatic rings. The van der Waals surface area contributed by atoms with Gasteiger partial charge in [-0.05, 0) is 31.2 Å². The molecule has 3 rings (SSSR count). The molecule has 0 spiro atoms. The van der Waals surface area contributed by atoms with Crippen molar-refractivity contribution in [1.29, 1.82) is 0 Å². The summed E-state index contributed by atoms with van der Waals surface area (Å²) >= 11 is 3.48. The Labute approximate surface area is 126 Å². The molecular weight excluding hydrogens is 316 g/mol. The van der Waals surface area contributed by atoms with Gasteiger partial charge >= 0.3 is 11.3 Å². The zero-order valence-electron chi connectivity index (χ0n) is 11.1. The highest BCUT2D eigenvalue weighted by Gasteiger charge is 2.19. The maximum Gasteiger partial charge on any atom is 0.364 e. The minimum absolute atomic E-state index is 0.625. The highest BCUT2D eigenvalue weighted by atomic mass is 79.9. The van der Waals surface area contributed by atoms with Crippen LogP contribution in [0.15, 0.2) is 63.5 Å². The summed E-state index contributed by atoms with van der Waals surface area (Å²) < 4.78 is 12.8. The van der Waals surface area contributed by atoms with E-state index in [0.29, 0.717) is 6.61 Å². The van der Waals surface area contributed by atoms with Gasteiger partial charge in [-0.3, -0.25) is 0 Å². The first-order valence-electron chi connectivity index (χ1n) is 6.52. The van der Waals surface area contributed by atoms with E-state index < -0.39 is 0 Å². The standard InChI is InChI=1S/C17H14BrO2/c1-2-19-17-11-16(12-6-4-3-5-7-12)20-15-9-8-13(18)10-14(15)17/h3-11H,2H2,1H3/q+1. The average molecular weight is 330 g/mol. The molecule has 20 heavy (non-hydrogen) atoms. The van der Waals surface area contributed by atoms with Crippen molar-refractivity contribution in [3.05, 3.63) is 59.1 Å². The van der Waals surface area contributed by atoms with E-state index >= 15 is 0 Å². The van der Waals surface area contributed by atoms with E-state index in [0.717, 1.165) is 32.5 Å². The van der Waals surface area contributed by atoms with Crippen LogP contribution in [0.2, 0.25) is 0 Å². The van der Waals surface area contributed by atoms with Crippen LogP contribution in [-0.2, 0) is 0 Å². The number of halogens is 1. The first kappa shape index (κ1) is 13.1. The Bertz CT molecular complexity index is 739. The molecule has 0 bridgehead atoms. The summed E-state index contributed by atoms with van der Waals surface area (Å²) in [6.07, 6.45) is 0. The maximum atomic E-state index is 5.99. The van der Waals surface area contributed by atoms with E-state index in [9.17, 15) is 0 Å². The van der Waals surface area contributed by atoms with E-state index in [2.05, 4.69) is 15.9 Å². The third-order valence-electron chi connectivity index (χ3n) is 3.05.